The maximum Gasteiger partial charge on any atom is 0.0449 e. The van der Waals surface area contributed by atoms with Crippen LogP contribution in [0, 0.1) is 5.92 Å². The highest BCUT2D eigenvalue weighted by molar-refractivity contribution is 9.10. The summed E-state index contributed by atoms with van der Waals surface area (Å²) in [5.41, 5.74) is 1.26. The number of halogens is 2. The standard InChI is InChI=1S/C15H23BrClN/c1-3-5-12(11-18-8-4-2)9-13-6-7-14(16)10-15(13)17/h6-7,10,12,18H,3-5,8-9,11H2,1-2H3. The van der Waals surface area contributed by atoms with Gasteiger partial charge in [-0.25, -0.2) is 0 Å². The van der Waals surface area contributed by atoms with Gasteiger partial charge in [0.25, 0.3) is 0 Å². The van der Waals surface area contributed by atoms with Crippen molar-refractivity contribution in [2.75, 3.05) is 13.1 Å². The number of rotatable bonds is 8. The first kappa shape index (κ1) is 16.0. The van der Waals surface area contributed by atoms with E-state index < -0.39 is 0 Å². The first-order chi connectivity index (χ1) is 8.67. The summed E-state index contributed by atoms with van der Waals surface area (Å²) in [4.78, 5) is 0. The zero-order valence-electron chi connectivity index (χ0n) is 11.3. The summed E-state index contributed by atoms with van der Waals surface area (Å²) in [6, 6.07) is 6.19. The summed E-state index contributed by atoms with van der Waals surface area (Å²) < 4.78 is 1.05. The molecule has 0 saturated carbocycles. The van der Waals surface area contributed by atoms with Crippen LogP contribution in [0.3, 0.4) is 0 Å². The smallest absolute Gasteiger partial charge is 0.0449 e. The normalized spacial score (nSPS) is 12.7. The van der Waals surface area contributed by atoms with Crippen LogP contribution < -0.4 is 5.32 Å². The van der Waals surface area contributed by atoms with Crippen molar-refractivity contribution >= 4 is 27.5 Å². The Morgan fingerprint density at radius 2 is 2.06 bits per heavy atom. The summed E-state index contributed by atoms with van der Waals surface area (Å²) in [6.45, 7) is 6.64. The SMILES string of the molecule is CCCNCC(CCC)Cc1ccc(Br)cc1Cl. The molecule has 1 aromatic carbocycles. The van der Waals surface area contributed by atoms with Crippen LogP contribution in [0.1, 0.15) is 38.7 Å². The molecule has 0 aliphatic heterocycles. The molecule has 1 aromatic rings. The molecule has 0 aliphatic carbocycles. The molecule has 0 amide bonds. The van der Waals surface area contributed by atoms with E-state index in [2.05, 4.69) is 47.2 Å². The van der Waals surface area contributed by atoms with E-state index in [1.165, 1.54) is 24.8 Å². The zero-order valence-corrected chi connectivity index (χ0v) is 13.6. The van der Waals surface area contributed by atoms with Gasteiger partial charge < -0.3 is 5.32 Å². The van der Waals surface area contributed by atoms with Crippen molar-refractivity contribution in [3.63, 3.8) is 0 Å². The second kappa shape index (κ2) is 8.95. The molecule has 0 aliphatic rings. The van der Waals surface area contributed by atoms with E-state index >= 15 is 0 Å². The molecule has 1 nitrogen and oxygen atoms in total. The molecule has 0 saturated heterocycles. The Labute approximate surface area is 124 Å². The third kappa shape index (κ3) is 5.73. The molecule has 0 heterocycles. The lowest BCUT2D eigenvalue weighted by Gasteiger charge is -2.17. The van der Waals surface area contributed by atoms with Crippen molar-refractivity contribution in [3.8, 4) is 0 Å². The lowest BCUT2D eigenvalue weighted by Crippen LogP contribution is -2.25. The average Bonchev–Trinajstić information content (AvgIpc) is 2.33. The maximum absolute atomic E-state index is 6.28. The van der Waals surface area contributed by atoms with Crippen molar-refractivity contribution in [2.45, 2.75) is 39.5 Å². The van der Waals surface area contributed by atoms with Crippen LogP contribution in [0.5, 0.6) is 0 Å². The molecule has 1 unspecified atom stereocenters. The lowest BCUT2D eigenvalue weighted by molar-refractivity contribution is 0.439. The minimum absolute atomic E-state index is 0.681. The van der Waals surface area contributed by atoms with Crippen LogP contribution in [0.2, 0.25) is 5.02 Å². The summed E-state index contributed by atoms with van der Waals surface area (Å²) in [5, 5.41) is 4.39. The minimum atomic E-state index is 0.681. The Morgan fingerprint density at radius 1 is 1.28 bits per heavy atom. The molecule has 1 rings (SSSR count). The van der Waals surface area contributed by atoms with Gasteiger partial charge in [0.1, 0.15) is 0 Å². The van der Waals surface area contributed by atoms with Gasteiger partial charge in [0.15, 0.2) is 0 Å². The highest BCUT2D eigenvalue weighted by Crippen LogP contribution is 2.24. The largest absolute Gasteiger partial charge is 0.316 e. The molecule has 0 spiro atoms. The fourth-order valence-electron chi connectivity index (χ4n) is 2.17. The van der Waals surface area contributed by atoms with E-state index in [1.807, 2.05) is 6.07 Å². The van der Waals surface area contributed by atoms with Crippen LogP contribution >= 0.6 is 27.5 Å². The van der Waals surface area contributed by atoms with Crippen molar-refractivity contribution < 1.29 is 0 Å². The molecular weight excluding hydrogens is 310 g/mol. The van der Waals surface area contributed by atoms with E-state index in [0.717, 1.165) is 29.0 Å². The second-order valence-corrected chi connectivity index (χ2v) is 6.12. The fraction of sp³-hybridized carbons (Fsp3) is 0.600. The Kier molecular flexibility index (Phi) is 7.96. The zero-order chi connectivity index (χ0) is 13.4. The van der Waals surface area contributed by atoms with Gasteiger partial charge in [-0.1, -0.05) is 53.9 Å². The summed E-state index contributed by atoms with van der Waals surface area (Å²) in [5.74, 6) is 0.681. The Morgan fingerprint density at radius 3 is 2.67 bits per heavy atom. The third-order valence-electron chi connectivity index (χ3n) is 3.08. The Balaban J connectivity index is 2.58. The highest BCUT2D eigenvalue weighted by atomic mass is 79.9. The number of benzene rings is 1. The van der Waals surface area contributed by atoms with Crippen LogP contribution in [-0.4, -0.2) is 13.1 Å². The monoisotopic (exact) mass is 331 g/mol. The van der Waals surface area contributed by atoms with Crippen LogP contribution in [0.15, 0.2) is 22.7 Å². The number of nitrogens with one attached hydrogen (secondary N) is 1. The minimum Gasteiger partial charge on any atom is -0.316 e. The van der Waals surface area contributed by atoms with Crippen molar-refractivity contribution in [3.05, 3.63) is 33.3 Å². The van der Waals surface area contributed by atoms with Gasteiger partial charge in [0.05, 0.1) is 0 Å². The molecule has 0 radical (unpaired) electrons. The van der Waals surface area contributed by atoms with Crippen molar-refractivity contribution in [2.24, 2.45) is 5.92 Å². The predicted octanol–water partition coefficient (Wildman–Crippen LogP) is 5.06. The first-order valence-corrected chi connectivity index (χ1v) is 7.99. The number of hydrogen-bond acceptors (Lipinski definition) is 1. The molecule has 3 heteroatoms. The quantitative estimate of drug-likeness (QED) is 0.656. The highest BCUT2D eigenvalue weighted by Gasteiger charge is 2.11. The molecule has 102 valence electrons. The fourth-order valence-corrected chi connectivity index (χ4v) is 2.92. The van der Waals surface area contributed by atoms with E-state index in [1.54, 1.807) is 0 Å². The molecule has 0 aromatic heterocycles. The van der Waals surface area contributed by atoms with Gasteiger partial charge in [-0.05, 0) is 56.0 Å². The number of hydrogen-bond donors (Lipinski definition) is 1. The first-order valence-electron chi connectivity index (χ1n) is 6.82. The van der Waals surface area contributed by atoms with E-state index in [9.17, 15) is 0 Å². The van der Waals surface area contributed by atoms with Crippen LogP contribution in [-0.2, 0) is 6.42 Å². The molecular formula is C15H23BrClN. The maximum atomic E-state index is 6.28. The predicted molar refractivity (Wildman–Crippen MR) is 84.4 cm³/mol. The van der Waals surface area contributed by atoms with Crippen LogP contribution in [0.25, 0.3) is 0 Å². The van der Waals surface area contributed by atoms with E-state index in [4.69, 9.17) is 11.6 Å². The summed E-state index contributed by atoms with van der Waals surface area (Å²) in [6.07, 6.45) is 4.74. The molecule has 0 fully saturated rings. The van der Waals surface area contributed by atoms with Crippen LogP contribution in [0.4, 0.5) is 0 Å². The van der Waals surface area contributed by atoms with E-state index in [-0.39, 0.29) is 0 Å². The molecule has 1 N–H and O–H groups in total. The van der Waals surface area contributed by atoms with Gasteiger partial charge in [0, 0.05) is 9.50 Å². The summed E-state index contributed by atoms with van der Waals surface area (Å²) in [7, 11) is 0. The van der Waals surface area contributed by atoms with Gasteiger partial charge in [-0.15, -0.1) is 0 Å². The molecule has 1 atom stereocenters. The van der Waals surface area contributed by atoms with Gasteiger partial charge in [0.2, 0.25) is 0 Å². The molecule has 18 heavy (non-hydrogen) atoms. The van der Waals surface area contributed by atoms with Crippen molar-refractivity contribution in [1.82, 2.24) is 5.32 Å². The average molecular weight is 333 g/mol. The third-order valence-corrected chi connectivity index (χ3v) is 3.93. The summed E-state index contributed by atoms with van der Waals surface area (Å²) >= 11 is 9.73. The van der Waals surface area contributed by atoms with Gasteiger partial charge in [-0.3, -0.25) is 0 Å². The second-order valence-electron chi connectivity index (χ2n) is 4.80. The Hall–Kier alpha value is -0.0500. The lowest BCUT2D eigenvalue weighted by atomic mass is 9.95. The topological polar surface area (TPSA) is 12.0 Å². The van der Waals surface area contributed by atoms with Gasteiger partial charge in [-0.2, -0.15) is 0 Å². The molecule has 0 bridgehead atoms. The Bertz CT molecular complexity index is 354. The van der Waals surface area contributed by atoms with Crippen molar-refractivity contribution in [1.29, 1.82) is 0 Å². The van der Waals surface area contributed by atoms with Gasteiger partial charge >= 0.3 is 0 Å². The van der Waals surface area contributed by atoms with E-state index in [0.29, 0.717) is 5.92 Å².